The van der Waals surface area contributed by atoms with E-state index in [9.17, 15) is 9.59 Å². The SMILES string of the molecule is CCCCCCCCCCCCOc1ccc(-c2ccc(C(=O)Oc3ccc(C(=O)O[C@H](C)CCCCCCCCCC)cc3)cc2)cc1. The fourth-order valence-corrected chi connectivity index (χ4v) is 6.02. The molecular formula is C44H62O5. The molecule has 268 valence electrons. The Morgan fingerprint density at radius 1 is 0.490 bits per heavy atom. The molecule has 0 N–H and O–H groups in total. The second-order valence-corrected chi connectivity index (χ2v) is 13.5. The molecule has 49 heavy (non-hydrogen) atoms. The zero-order valence-corrected chi connectivity index (χ0v) is 30.7. The third-order valence-corrected chi connectivity index (χ3v) is 9.15. The van der Waals surface area contributed by atoms with Crippen molar-refractivity contribution in [2.75, 3.05) is 6.61 Å². The van der Waals surface area contributed by atoms with Gasteiger partial charge in [-0.15, -0.1) is 0 Å². The van der Waals surface area contributed by atoms with E-state index in [2.05, 4.69) is 13.8 Å². The zero-order chi connectivity index (χ0) is 34.9. The first-order valence-electron chi connectivity index (χ1n) is 19.4. The molecule has 3 aromatic rings. The van der Waals surface area contributed by atoms with E-state index < -0.39 is 5.97 Å². The van der Waals surface area contributed by atoms with Gasteiger partial charge in [0, 0.05) is 0 Å². The van der Waals surface area contributed by atoms with Gasteiger partial charge in [0.15, 0.2) is 0 Å². The maximum atomic E-state index is 12.8. The van der Waals surface area contributed by atoms with Gasteiger partial charge in [0.05, 0.1) is 23.8 Å². The first-order valence-corrected chi connectivity index (χ1v) is 19.4. The molecule has 0 aromatic heterocycles. The number of benzene rings is 3. The normalized spacial score (nSPS) is 11.7. The summed E-state index contributed by atoms with van der Waals surface area (Å²) >= 11 is 0. The molecule has 0 aliphatic heterocycles. The third-order valence-electron chi connectivity index (χ3n) is 9.15. The van der Waals surface area contributed by atoms with E-state index >= 15 is 0 Å². The minimum absolute atomic E-state index is 0.126. The molecule has 0 spiro atoms. The van der Waals surface area contributed by atoms with Gasteiger partial charge in [-0.05, 0) is 85.8 Å². The predicted octanol–water partition coefficient (Wildman–Crippen LogP) is 12.9. The van der Waals surface area contributed by atoms with Crippen molar-refractivity contribution in [3.63, 3.8) is 0 Å². The van der Waals surface area contributed by atoms with Crippen LogP contribution in [0.2, 0.25) is 0 Å². The van der Waals surface area contributed by atoms with Crippen molar-refractivity contribution >= 4 is 11.9 Å². The van der Waals surface area contributed by atoms with Crippen LogP contribution in [0.5, 0.6) is 11.5 Å². The lowest BCUT2D eigenvalue weighted by Crippen LogP contribution is -2.15. The van der Waals surface area contributed by atoms with E-state index in [-0.39, 0.29) is 12.1 Å². The fourth-order valence-electron chi connectivity index (χ4n) is 6.02. The Kier molecular flexibility index (Phi) is 19.9. The van der Waals surface area contributed by atoms with Gasteiger partial charge in [-0.2, -0.15) is 0 Å². The van der Waals surface area contributed by atoms with Crippen LogP contribution in [0.3, 0.4) is 0 Å². The molecule has 0 radical (unpaired) electrons. The Morgan fingerprint density at radius 2 is 0.898 bits per heavy atom. The Labute approximate surface area is 297 Å². The summed E-state index contributed by atoms with van der Waals surface area (Å²) < 4.78 is 17.2. The van der Waals surface area contributed by atoms with Gasteiger partial charge < -0.3 is 14.2 Å². The molecule has 0 aliphatic carbocycles. The molecule has 0 heterocycles. The quantitative estimate of drug-likeness (QED) is 0.0483. The summed E-state index contributed by atoms with van der Waals surface area (Å²) in [6.07, 6.45) is 23.9. The van der Waals surface area contributed by atoms with Crippen molar-refractivity contribution in [2.24, 2.45) is 0 Å². The Balaban J connectivity index is 1.33. The van der Waals surface area contributed by atoms with Crippen molar-refractivity contribution < 1.29 is 23.8 Å². The summed E-state index contributed by atoms with van der Waals surface area (Å²) in [5.74, 6) is 0.462. The standard InChI is InChI=1S/C44H62O5/c1-4-6-8-10-12-14-15-17-19-21-35-47-41-31-27-38(28-32-41)37-23-25-39(26-24-37)44(46)49-42-33-29-40(30-34-42)43(45)48-36(3)22-20-18-16-13-11-9-7-5-2/h23-34,36H,4-22,35H2,1-3H3/t36-/m1/s1. The maximum Gasteiger partial charge on any atom is 0.343 e. The molecule has 0 fully saturated rings. The molecule has 3 aromatic carbocycles. The van der Waals surface area contributed by atoms with E-state index in [4.69, 9.17) is 14.2 Å². The number of esters is 2. The van der Waals surface area contributed by atoms with Crippen LogP contribution in [-0.4, -0.2) is 24.6 Å². The third kappa shape index (κ3) is 16.6. The molecule has 1 atom stereocenters. The zero-order valence-electron chi connectivity index (χ0n) is 30.7. The van der Waals surface area contributed by atoms with Crippen LogP contribution < -0.4 is 9.47 Å². The maximum absolute atomic E-state index is 12.8. The van der Waals surface area contributed by atoms with Gasteiger partial charge in [-0.25, -0.2) is 9.59 Å². The van der Waals surface area contributed by atoms with E-state index in [0.29, 0.717) is 16.9 Å². The highest BCUT2D eigenvalue weighted by Gasteiger charge is 2.14. The number of carbonyl (C=O) groups is 2. The van der Waals surface area contributed by atoms with E-state index in [1.807, 2.05) is 43.3 Å². The van der Waals surface area contributed by atoms with Crippen LogP contribution >= 0.6 is 0 Å². The highest BCUT2D eigenvalue weighted by atomic mass is 16.5. The van der Waals surface area contributed by atoms with Gasteiger partial charge in [0.25, 0.3) is 0 Å². The number of rotatable bonds is 26. The molecule has 0 amide bonds. The lowest BCUT2D eigenvalue weighted by Gasteiger charge is -2.13. The molecule has 0 saturated heterocycles. The Hall–Kier alpha value is -3.60. The lowest BCUT2D eigenvalue weighted by atomic mass is 10.0. The number of hydrogen-bond acceptors (Lipinski definition) is 5. The average molecular weight is 671 g/mol. The summed E-state index contributed by atoms with van der Waals surface area (Å²) in [5, 5.41) is 0. The smallest absolute Gasteiger partial charge is 0.343 e. The molecule has 0 unspecified atom stereocenters. The Bertz CT molecular complexity index is 1300. The van der Waals surface area contributed by atoms with E-state index in [0.717, 1.165) is 42.7 Å². The van der Waals surface area contributed by atoms with E-state index in [1.54, 1.807) is 36.4 Å². The van der Waals surface area contributed by atoms with Crippen LogP contribution in [-0.2, 0) is 4.74 Å². The van der Waals surface area contributed by atoms with Gasteiger partial charge in [-0.3, -0.25) is 0 Å². The minimum atomic E-state index is -0.448. The van der Waals surface area contributed by atoms with Crippen molar-refractivity contribution in [3.8, 4) is 22.6 Å². The van der Waals surface area contributed by atoms with Crippen molar-refractivity contribution in [3.05, 3.63) is 83.9 Å². The van der Waals surface area contributed by atoms with Crippen LogP contribution in [0.1, 0.15) is 163 Å². The largest absolute Gasteiger partial charge is 0.494 e. The van der Waals surface area contributed by atoms with Crippen LogP contribution in [0.15, 0.2) is 72.8 Å². The summed E-state index contributed by atoms with van der Waals surface area (Å²) in [5.41, 5.74) is 2.97. The van der Waals surface area contributed by atoms with Gasteiger partial charge >= 0.3 is 11.9 Å². The molecule has 0 bridgehead atoms. The van der Waals surface area contributed by atoms with Crippen molar-refractivity contribution in [1.82, 2.24) is 0 Å². The second kappa shape index (κ2) is 24.5. The minimum Gasteiger partial charge on any atom is -0.494 e. The monoisotopic (exact) mass is 670 g/mol. The molecule has 5 heteroatoms. The first kappa shape index (κ1) is 39.8. The Morgan fingerprint density at radius 3 is 1.43 bits per heavy atom. The number of hydrogen-bond donors (Lipinski definition) is 0. The molecule has 0 saturated carbocycles. The molecule has 3 rings (SSSR count). The number of unbranched alkanes of at least 4 members (excludes halogenated alkanes) is 16. The topological polar surface area (TPSA) is 61.8 Å². The highest BCUT2D eigenvalue weighted by molar-refractivity contribution is 5.92. The summed E-state index contributed by atoms with van der Waals surface area (Å²) in [6.45, 7) is 7.20. The van der Waals surface area contributed by atoms with Crippen molar-refractivity contribution in [1.29, 1.82) is 0 Å². The summed E-state index contributed by atoms with van der Waals surface area (Å²) in [6, 6.07) is 22.0. The van der Waals surface area contributed by atoms with Gasteiger partial charge in [-0.1, -0.05) is 141 Å². The van der Waals surface area contributed by atoms with Gasteiger partial charge in [0.2, 0.25) is 0 Å². The molecule has 5 nitrogen and oxygen atoms in total. The predicted molar refractivity (Wildman–Crippen MR) is 203 cm³/mol. The lowest BCUT2D eigenvalue weighted by molar-refractivity contribution is 0.0319. The average Bonchev–Trinajstić information content (AvgIpc) is 3.12. The fraction of sp³-hybridized carbons (Fsp3) is 0.545. The number of ether oxygens (including phenoxy) is 3. The first-order chi connectivity index (χ1) is 24.0. The second-order valence-electron chi connectivity index (χ2n) is 13.5. The van der Waals surface area contributed by atoms with Crippen LogP contribution in [0.25, 0.3) is 11.1 Å². The summed E-state index contributed by atoms with van der Waals surface area (Å²) in [4.78, 5) is 25.4. The van der Waals surface area contributed by atoms with E-state index in [1.165, 1.54) is 103 Å². The van der Waals surface area contributed by atoms with Crippen molar-refractivity contribution in [2.45, 2.75) is 149 Å². The van der Waals surface area contributed by atoms with Crippen LogP contribution in [0, 0.1) is 0 Å². The number of carbonyl (C=O) groups excluding carboxylic acids is 2. The summed E-state index contributed by atoms with van der Waals surface area (Å²) in [7, 11) is 0. The molecular weight excluding hydrogens is 608 g/mol. The molecule has 0 aliphatic rings. The highest BCUT2D eigenvalue weighted by Crippen LogP contribution is 2.24. The van der Waals surface area contributed by atoms with Gasteiger partial charge in [0.1, 0.15) is 11.5 Å². The van der Waals surface area contributed by atoms with Crippen LogP contribution in [0.4, 0.5) is 0 Å².